The Morgan fingerprint density at radius 1 is 1.42 bits per heavy atom. The van der Waals surface area contributed by atoms with Crippen LogP contribution in [0.5, 0.6) is 0 Å². The second-order valence-electron chi connectivity index (χ2n) is 5.17. The van der Waals surface area contributed by atoms with Crippen molar-refractivity contribution < 1.29 is 10.2 Å². The molecule has 1 saturated heterocycles. The Kier molecular flexibility index (Phi) is 4.41. The van der Waals surface area contributed by atoms with Crippen molar-refractivity contribution in [3.8, 4) is 6.07 Å². The lowest BCUT2D eigenvalue weighted by Gasteiger charge is -2.34. The average molecular weight is 260 g/mol. The fraction of sp³-hybridized carbons (Fsp3) is 0.533. The number of hydrogen-bond acceptors (Lipinski definition) is 4. The first-order chi connectivity index (χ1) is 9.15. The first kappa shape index (κ1) is 13.9. The molecule has 0 spiro atoms. The van der Waals surface area contributed by atoms with E-state index in [9.17, 15) is 10.2 Å². The molecule has 0 aromatic heterocycles. The van der Waals surface area contributed by atoms with Crippen LogP contribution < -0.4 is 4.90 Å². The molecule has 1 aromatic rings. The molecule has 0 amide bonds. The van der Waals surface area contributed by atoms with Crippen LogP contribution in [0.3, 0.4) is 0 Å². The largest absolute Gasteiger partial charge is 0.396 e. The highest BCUT2D eigenvalue weighted by Gasteiger charge is 2.21. The van der Waals surface area contributed by atoms with Gasteiger partial charge in [-0.15, -0.1) is 0 Å². The van der Waals surface area contributed by atoms with Crippen LogP contribution >= 0.6 is 0 Å². The molecule has 0 unspecified atom stereocenters. The van der Waals surface area contributed by atoms with Crippen molar-refractivity contribution in [1.29, 1.82) is 5.26 Å². The second-order valence-corrected chi connectivity index (χ2v) is 5.17. The van der Waals surface area contributed by atoms with Gasteiger partial charge in [-0.3, -0.25) is 0 Å². The normalized spacial score (nSPS) is 18.1. The monoisotopic (exact) mass is 260 g/mol. The molecule has 1 atom stereocenters. The third-order valence-electron chi connectivity index (χ3n) is 3.82. The molecule has 19 heavy (non-hydrogen) atoms. The smallest absolute Gasteiger partial charge is 0.0992 e. The molecule has 102 valence electrons. The Labute approximate surface area is 113 Å². The van der Waals surface area contributed by atoms with E-state index in [-0.39, 0.29) is 6.61 Å². The quantitative estimate of drug-likeness (QED) is 0.870. The third kappa shape index (κ3) is 3.06. The lowest BCUT2D eigenvalue weighted by Crippen LogP contribution is -2.35. The van der Waals surface area contributed by atoms with E-state index in [1.54, 1.807) is 13.0 Å². The van der Waals surface area contributed by atoms with E-state index in [0.29, 0.717) is 11.5 Å². The van der Waals surface area contributed by atoms with E-state index in [4.69, 9.17) is 5.26 Å². The summed E-state index contributed by atoms with van der Waals surface area (Å²) in [5.41, 5.74) is 2.43. The van der Waals surface area contributed by atoms with Gasteiger partial charge in [0.2, 0.25) is 0 Å². The summed E-state index contributed by atoms with van der Waals surface area (Å²) >= 11 is 0. The number of nitrogens with zero attached hydrogens (tertiary/aromatic N) is 2. The molecule has 0 bridgehead atoms. The molecule has 4 nitrogen and oxygen atoms in total. The first-order valence-corrected chi connectivity index (χ1v) is 6.73. The Bertz CT molecular complexity index is 472. The highest BCUT2D eigenvalue weighted by molar-refractivity contribution is 5.58. The van der Waals surface area contributed by atoms with Crippen molar-refractivity contribution in [3.63, 3.8) is 0 Å². The minimum atomic E-state index is -0.543. The maximum atomic E-state index is 9.85. The predicted molar refractivity (Wildman–Crippen MR) is 73.8 cm³/mol. The van der Waals surface area contributed by atoms with Gasteiger partial charge in [0, 0.05) is 30.9 Å². The van der Waals surface area contributed by atoms with Crippen LogP contribution in [0, 0.1) is 17.2 Å². The van der Waals surface area contributed by atoms with E-state index in [0.717, 1.165) is 37.2 Å². The van der Waals surface area contributed by atoms with Crippen molar-refractivity contribution in [2.75, 3.05) is 24.6 Å². The summed E-state index contributed by atoms with van der Waals surface area (Å²) in [6.45, 7) is 3.71. The van der Waals surface area contributed by atoms with Gasteiger partial charge in [0.15, 0.2) is 0 Å². The Morgan fingerprint density at radius 2 is 2.11 bits per heavy atom. The van der Waals surface area contributed by atoms with Crippen LogP contribution in [-0.4, -0.2) is 29.9 Å². The number of rotatable bonds is 3. The number of anilines is 1. The molecule has 1 aromatic carbocycles. The van der Waals surface area contributed by atoms with Gasteiger partial charge in [-0.25, -0.2) is 0 Å². The summed E-state index contributed by atoms with van der Waals surface area (Å²) in [4.78, 5) is 2.20. The number of nitriles is 1. The summed E-state index contributed by atoms with van der Waals surface area (Å²) in [7, 11) is 0. The first-order valence-electron chi connectivity index (χ1n) is 6.73. The summed E-state index contributed by atoms with van der Waals surface area (Å²) < 4.78 is 0. The zero-order valence-electron chi connectivity index (χ0n) is 11.2. The lowest BCUT2D eigenvalue weighted by atomic mass is 9.96. The van der Waals surface area contributed by atoms with Gasteiger partial charge in [-0.2, -0.15) is 5.26 Å². The second kappa shape index (κ2) is 6.05. The Morgan fingerprint density at radius 3 is 2.63 bits per heavy atom. The van der Waals surface area contributed by atoms with E-state index < -0.39 is 6.10 Å². The van der Waals surface area contributed by atoms with E-state index in [1.807, 2.05) is 12.1 Å². The van der Waals surface area contributed by atoms with Gasteiger partial charge in [0.1, 0.15) is 0 Å². The number of aliphatic hydroxyl groups excluding tert-OH is 2. The molecule has 1 aliphatic heterocycles. The number of hydrogen-bond donors (Lipinski definition) is 2. The van der Waals surface area contributed by atoms with Gasteiger partial charge in [0.05, 0.1) is 17.7 Å². The molecule has 0 radical (unpaired) electrons. The van der Waals surface area contributed by atoms with E-state index in [2.05, 4.69) is 11.0 Å². The minimum Gasteiger partial charge on any atom is -0.396 e. The Balaban J connectivity index is 2.25. The molecule has 1 heterocycles. The van der Waals surface area contributed by atoms with Crippen LogP contribution in [0.2, 0.25) is 0 Å². The van der Waals surface area contributed by atoms with E-state index in [1.165, 1.54) is 0 Å². The third-order valence-corrected chi connectivity index (χ3v) is 3.82. The van der Waals surface area contributed by atoms with Crippen LogP contribution in [-0.2, 0) is 0 Å². The summed E-state index contributed by atoms with van der Waals surface area (Å²) in [5, 5.41) is 28.0. The molecular weight excluding hydrogens is 240 g/mol. The molecule has 2 rings (SSSR count). The zero-order valence-corrected chi connectivity index (χ0v) is 11.2. The summed E-state index contributed by atoms with van der Waals surface area (Å²) in [6, 6.07) is 7.56. The van der Waals surface area contributed by atoms with Crippen molar-refractivity contribution in [3.05, 3.63) is 29.3 Å². The van der Waals surface area contributed by atoms with Crippen LogP contribution in [0.1, 0.15) is 37.0 Å². The highest BCUT2D eigenvalue weighted by Crippen LogP contribution is 2.30. The topological polar surface area (TPSA) is 67.5 Å². The van der Waals surface area contributed by atoms with Crippen molar-refractivity contribution in [2.45, 2.75) is 25.9 Å². The van der Waals surface area contributed by atoms with Crippen LogP contribution in [0.25, 0.3) is 0 Å². The van der Waals surface area contributed by atoms with Crippen LogP contribution in [0.15, 0.2) is 18.2 Å². The minimum absolute atomic E-state index is 0.245. The van der Waals surface area contributed by atoms with Gasteiger partial charge in [-0.05, 0) is 37.8 Å². The Hall–Kier alpha value is -1.57. The molecule has 0 aliphatic carbocycles. The van der Waals surface area contributed by atoms with Crippen LogP contribution in [0.4, 0.5) is 5.69 Å². The van der Waals surface area contributed by atoms with E-state index >= 15 is 0 Å². The molecule has 4 heteroatoms. The molecule has 2 N–H and O–H groups in total. The van der Waals surface area contributed by atoms with Gasteiger partial charge in [-0.1, -0.05) is 6.07 Å². The number of piperidine rings is 1. The molecule has 1 aliphatic rings. The molecule has 1 fully saturated rings. The highest BCUT2D eigenvalue weighted by atomic mass is 16.3. The maximum Gasteiger partial charge on any atom is 0.0992 e. The standard InChI is InChI=1S/C15H20N2O2/c1-11(19)14-3-2-13(9-16)8-15(14)17-6-4-12(10-18)5-7-17/h2-3,8,11-12,18-19H,4-7,10H2,1H3/t11-/m1/s1. The number of benzene rings is 1. The zero-order chi connectivity index (χ0) is 13.8. The molecule has 0 saturated carbocycles. The predicted octanol–water partition coefficient (Wildman–Crippen LogP) is 1.82. The lowest BCUT2D eigenvalue weighted by molar-refractivity contribution is 0.196. The fourth-order valence-corrected chi connectivity index (χ4v) is 2.60. The van der Waals surface area contributed by atoms with Crippen molar-refractivity contribution in [1.82, 2.24) is 0 Å². The maximum absolute atomic E-state index is 9.85. The van der Waals surface area contributed by atoms with Crippen molar-refractivity contribution >= 4 is 5.69 Å². The summed E-state index contributed by atoms with van der Waals surface area (Å²) in [5.74, 6) is 0.380. The van der Waals surface area contributed by atoms with Gasteiger partial charge >= 0.3 is 0 Å². The number of aliphatic hydroxyl groups is 2. The average Bonchev–Trinajstić information content (AvgIpc) is 2.46. The van der Waals surface area contributed by atoms with Gasteiger partial charge in [0.25, 0.3) is 0 Å². The van der Waals surface area contributed by atoms with Gasteiger partial charge < -0.3 is 15.1 Å². The fourth-order valence-electron chi connectivity index (χ4n) is 2.60. The summed E-state index contributed by atoms with van der Waals surface area (Å²) in [6.07, 6.45) is 1.36. The molecular formula is C15H20N2O2. The van der Waals surface area contributed by atoms with Crippen molar-refractivity contribution in [2.24, 2.45) is 5.92 Å². The SMILES string of the molecule is C[C@@H](O)c1ccc(C#N)cc1N1CCC(CO)CC1.